The molecule has 3 aromatic rings. The number of aliphatic hydroxyl groups is 4. The van der Waals surface area contributed by atoms with Crippen molar-refractivity contribution < 1.29 is 142 Å². The van der Waals surface area contributed by atoms with E-state index in [0.717, 1.165) is 42.3 Å². The molecular formula is C92H129N9O29S2. The number of phenols is 2. The maximum atomic E-state index is 14.9. The van der Waals surface area contributed by atoms with Gasteiger partial charge in [0.05, 0.1) is 115 Å². The van der Waals surface area contributed by atoms with Crippen LogP contribution in [0.25, 0.3) is 0 Å². The molecule has 0 unspecified atom stereocenters. The van der Waals surface area contributed by atoms with Crippen molar-refractivity contribution in [2.45, 2.75) is 238 Å². The van der Waals surface area contributed by atoms with Gasteiger partial charge in [0.1, 0.15) is 29.1 Å². The number of carboxylic acids is 3. The van der Waals surface area contributed by atoms with Crippen LogP contribution in [0.15, 0.2) is 78.9 Å². The molecule has 40 heteroatoms. The van der Waals surface area contributed by atoms with Crippen molar-refractivity contribution in [1.82, 2.24) is 42.1 Å². The van der Waals surface area contributed by atoms with Crippen LogP contribution in [0.2, 0.25) is 0 Å². The molecule has 1 aliphatic heterocycles. The Bertz CT molecular complexity index is 4460. The van der Waals surface area contributed by atoms with Crippen molar-refractivity contribution in [3.8, 4) is 11.5 Å². The molecule has 0 saturated carbocycles. The van der Waals surface area contributed by atoms with Gasteiger partial charge in [-0.3, -0.25) is 101 Å². The number of phenolic OH excluding ortho intramolecular Hbond substituents is 2. The van der Waals surface area contributed by atoms with E-state index in [4.69, 9.17) is 5.73 Å². The van der Waals surface area contributed by atoms with E-state index in [1.54, 1.807) is 65.0 Å². The van der Waals surface area contributed by atoms with Crippen molar-refractivity contribution >= 4 is 140 Å². The van der Waals surface area contributed by atoms with Crippen molar-refractivity contribution in [3.05, 3.63) is 95.6 Å². The lowest BCUT2D eigenvalue weighted by atomic mass is 9.80. The van der Waals surface area contributed by atoms with Gasteiger partial charge in [0.25, 0.3) is 5.24 Å². The quantitative estimate of drug-likeness (QED) is 0.0361. The monoisotopic (exact) mass is 1890 g/mol. The second-order valence-corrected chi connectivity index (χ2v) is 36.4. The Morgan fingerprint density at radius 1 is 0.485 bits per heavy atom. The first-order valence-corrected chi connectivity index (χ1v) is 46.2. The zero-order chi connectivity index (χ0) is 98.8. The van der Waals surface area contributed by atoms with E-state index >= 15 is 0 Å². The third-order valence-corrected chi connectivity index (χ3v) is 24.7. The number of unbranched alkanes of at least 4 members (excludes halogenated alkanes) is 1. The van der Waals surface area contributed by atoms with Crippen LogP contribution < -0.4 is 43.0 Å². The summed E-state index contributed by atoms with van der Waals surface area (Å²) in [6.07, 6.45) is -10.2. The number of imide groups is 1. The molecule has 0 aromatic heterocycles. The zero-order valence-electron chi connectivity index (χ0n) is 75.8. The lowest BCUT2D eigenvalue weighted by Crippen LogP contribution is -2.56. The summed E-state index contributed by atoms with van der Waals surface area (Å²) < 4.78 is 0. The van der Waals surface area contributed by atoms with E-state index in [0.29, 0.717) is 36.9 Å². The molecule has 0 aliphatic carbocycles. The lowest BCUT2D eigenvalue weighted by molar-refractivity contribution is -0.143. The van der Waals surface area contributed by atoms with Gasteiger partial charge in [-0.25, -0.2) is 0 Å². The molecule has 728 valence electrons. The van der Waals surface area contributed by atoms with Crippen LogP contribution in [-0.2, 0) is 110 Å². The number of aromatic hydroxyl groups is 2. The molecule has 38 nitrogen and oxygen atoms in total. The molecular weight excluding hydrogens is 1760 g/mol. The molecule has 18 N–H and O–H groups in total. The fourth-order valence-corrected chi connectivity index (χ4v) is 16.6. The second-order valence-electron chi connectivity index (χ2n) is 34.5. The standard InChI is InChI=1S/C92H129N9O29S2/c1-9-52(4)83(77(114)37-60(32-57-20-25-64(106)26-21-57)88(127)100-92(8,44-51(2)3)78(115)39-62(41-82(121)122)85(124)95-53(5)16-13-14-30-93)99-87(126)63(46-102)38-74(111)71(34-58-22-27-65(107)28-23-58)96-86(125)61(40-81(119)120)36-75(112)73(47-103)98-90(129)70(55(7)105)43-76(113)72(33-56-17-11-10-12-18-56)97-89(128)69(54(6)104)42-67(109)45-94-84(123)59(24-29-80(117)118)35-68(110)49-131-48-66(108)19-15-31-101-79(116)50-132-91(101)130/h10-12,17-18,20-23,25-28,51-55,59-63,69-73,83,102-107H,9,13-16,19,24,29-50,93H2,1-8H3,(H,94,123)(H,95,124)(H,96,125)(H,97,128)(H,98,129)(H,99,126)(H,100,127)(H,117,118)(H,119,120)(H,121,122)/t52-,53+,54+,55+,59+,60+,61-,62-,63-,69-,70-,71-,72-,73-,83-,92-/m0/s1. The minimum absolute atomic E-state index is 0.0101. The molecule has 4 rings (SSSR count). The van der Waals surface area contributed by atoms with Gasteiger partial charge in [-0.15, -0.1) is 11.8 Å². The molecule has 0 spiro atoms. The van der Waals surface area contributed by atoms with Gasteiger partial charge in [0, 0.05) is 82.2 Å². The summed E-state index contributed by atoms with van der Waals surface area (Å²) in [6.45, 7) is 9.61. The number of Topliss-reactive ketones (excluding diaryl/α,β-unsaturated/α-hetero) is 8. The van der Waals surface area contributed by atoms with Crippen LogP contribution in [0.3, 0.4) is 0 Å². The smallest absolute Gasteiger partial charge is 0.304 e. The van der Waals surface area contributed by atoms with E-state index in [1.807, 2.05) is 0 Å². The first-order chi connectivity index (χ1) is 62.2. The average Bonchev–Trinajstić information content (AvgIpc) is 0.875. The van der Waals surface area contributed by atoms with Gasteiger partial charge in [-0.05, 0) is 138 Å². The minimum Gasteiger partial charge on any atom is -0.508 e. The summed E-state index contributed by atoms with van der Waals surface area (Å²) in [5.74, 6) is -30.7. The number of hydrogen-bond donors (Lipinski definition) is 17. The topological polar surface area (TPSA) is 637 Å². The number of nitrogens with two attached hydrogens (primary N) is 1. The number of nitrogens with one attached hydrogen (secondary N) is 7. The third kappa shape index (κ3) is 40.2. The highest BCUT2D eigenvalue weighted by molar-refractivity contribution is 8.14. The summed E-state index contributed by atoms with van der Waals surface area (Å²) in [7, 11) is 0. The third-order valence-electron chi connectivity index (χ3n) is 22.8. The summed E-state index contributed by atoms with van der Waals surface area (Å²) in [5.41, 5.74) is 5.01. The first kappa shape index (κ1) is 113. The highest BCUT2D eigenvalue weighted by atomic mass is 32.2. The number of rotatable bonds is 67. The Balaban J connectivity index is 1.54. The SMILES string of the molecule is CC[C@H](C)[C@H](NC(=O)[C@H](CO)CC(=O)[C@H](Cc1ccc(O)cc1)NC(=O)[C@H](CC(=O)O)CC(=O)[C@H](CO)NC(=O)[C@@H](CC(=O)[C@H](Cc1ccccc1)NC(=O)[C@@H](CC(=O)CNC(=O)[C@H](CCC(=O)O)CC(=O)CSCC(=O)CCCN1C(=O)CSC1=O)[C@@H](C)O)[C@@H](C)O)C(=O)C[C@@H](Cc1ccc(O)cc1)C(=O)N[C@@](C)(CC(C)C)C(=O)C[C@@H](CC(=O)O)C(=O)N[C@H](C)CCCCN. The normalized spacial score (nSPS) is 15.9. The zero-order valence-corrected chi connectivity index (χ0v) is 77.4. The first-order valence-electron chi connectivity index (χ1n) is 44.1. The molecule has 132 heavy (non-hydrogen) atoms. The lowest BCUT2D eigenvalue weighted by Gasteiger charge is -2.34. The van der Waals surface area contributed by atoms with E-state index < -0.39 is 291 Å². The van der Waals surface area contributed by atoms with Crippen molar-refractivity contribution in [2.24, 2.45) is 59.0 Å². The van der Waals surface area contributed by atoms with E-state index in [9.17, 15) is 142 Å². The van der Waals surface area contributed by atoms with Crippen LogP contribution in [0.1, 0.15) is 188 Å². The van der Waals surface area contributed by atoms with Crippen LogP contribution >= 0.6 is 23.5 Å². The highest BCUT2D eigenvalue weighted by Crippen LogP contribution is 2.30. The Hall–Kier alpha value is -11.0. The number of ketones is 8. The second kappa shape index (κ2) is 57.4. The molecule has 0 bridgehead atoms. The van der Waals surface area contributed by atoms with Crippen molar-refractivity contribution in [2.75, 3.05) is 50.1 Å². The number of aliphatic carboxylic acids is 3. The van der Waals surface area contributed by atoms with Gasteiger partial charge >= 0.3 is 17.9 Å². The van der Waals surface area contributed by atoms with Gasteiger partial charge < -0.3 is 88.9 Å². The van der Waals surface area contributed by atoms with Gasteiger partial charge in [-0.2, -0.15) is 0 Å². The van der Waals surface area contributed by atoms with Gasteiger partial charge in [0.2, 0.25) is 47.3 Å². The van der Waals surface area contributed by atoms with E-state index in [1.165, 1.54) is 55.5 Å². The Kier molecular flexibility index (Phi) is 49.3. The van der Waals surface area contributed by atoms with Crippen molar-refractivity contribution in [3.63, 3.8) is 0 Å². The van der Waals surface area contributed by atoms with Crippen LogP contribution in [-0.4, -0.2) is 266 Å². The van der Waals surface area contributed by atoms with E-state index in [-0.39, 0.29) is 103 Å². The maximum Gasteiger partial charge on any atom is 0.304 e. The minimum atomic E-state index is -2.00. The number of carbonyl (C=O) groups excluding carboxylic acids is 17. The molecule has 9 amide bonds. The predicted octanol–water partition coefficient (Wildman–Crippen LogP) is 3.15. The van der Waals surface area contributed by atoms with Crippen LogP contribution in [0.4, 0.5) is 4.79 Å². The summed E-state index contributed by atoms with van der Waals surface area (Å²) in [5, 5.41) is 111. The number of carbonyl (C=O) groups is 20. The number of benzene rings is 3. The number of amides is 9. The molecule has 1 heterocycles. The Labute approximate surface area is 774 Å². The van der Waals surface area contributed by atoms with Gasteiger partial charge in [-0.1, -0.05) is 107 Å². The highest BCUT2D eigenvalue weighted by Gasteiger charge is 2.44. The predicted molar refractivity (Wildman–Crippen MR) is 482 cm³/mol. The fraction of sp³-hybridized carbons (Fsp3) is 0.587. The largest absolute Gasteiger partial charge is 0.508 e. The summed E-state index contributed by atoms with van der Waals surface area (Å²) >= 11 is 1.79. The molecule has 1 fully saturated rings. The Morgan fingerprint density at radius 3 is 1.51 bits per heavy atom. The van der Waals surface area contributed by atoms with Crippen molar-refractivity contribution in [1.29, 1.82) is 0 Å². The summed E-state index contributed by atoms with van der Waals surface area (Å²) in [6, 6.07) is 11.6. The molecule has 3 aromatic carbocycles. The van der Waals surface area contributed by atoms with E-state index in [2.05, 4.69) is 37.2 Å². The summed E-state index contributed by atoms with van der Waals surface area (Å²) in [4.78, 5) is 273. The Morgan fingerprint density at radius 2 is 0.985 bits per heavy atom. The average molecular weight is 1890 g/mol. The number of thioether (sulfide) groups is 2. The maximum absolute atomic E-state index is 14.9. The fourth-order valence-electron chi connectivity index (χ4n) is 15.0. The number of aliphatic hydroxyl groups excluding tert-OH is 4. The van der Waals surface area contributed by atoms with Crippen LogP contribution in [0.5, 0.6) is 11.5 Å². The van der Waals surface area contributed by atoms with Crippen LogP contribution in [0, 0.1) is 53.3 Å². The molecule has 0 radical (unpaired) electrons. The molecule has 1 saturated heterocycles. The number of hydrogen-bond acceptors (Lipinski definition) is 29. The number of carboxylic acid groups (broad SMARTS) is 3. The molecule has 1 aliphatic rings. The number of nitrogens with zero attached hydrogens (tertiary/aromatic N) is 1. The molecule has 16 atom stereocenters. The van der Waals surface area contributed by atoms with Gasteiger partial charge in [0.15, 0.2) is 34.7 Å².